The molecule has 7 rings (SSSR count). The Balaban J connectivity index is 1.12. The molecule has 2 saturated heterocycles. The average molecular weight is 765 g/mol. The quantitative estimate of drug-likeness (QED) is 0.0593. The van der Waals surface area contributed by atoms with Crippen LogP contribution in [0.5, 0.6) is 5.75 Å². The molecule has 2 saturated carbocycles. The van der Waals surface area contributed by atoms with Gasteiger partial charge in [0, 0.05) is 17.6 Å². The summed E-state index contributed by atoms with van der Waals surface area (Å²) in [5.74, 6) is -4.39. The second-order valence-electron chi connectivity index (χ2n) is 15.0. The highest BCUT2D eigenvalue weighted by Gasteiger charge is 2.53. The van der Waals surface area contributed by atoms with Gasteiger partial charge in [-0.2, -0.15) is 0 Å². The van der Waals surface area contributed by atoms with E-state index in [-0.39, 0.29) is 56.8 Å². The van der Waals surface area contributed by atoms with Crippen LogP contribution in [0.25, 0.3) is 11.1 Å². The van der Waals surface area contributed by atoms with Crippen LogP contribution in [-0.4, -0.2) is 81.4 Å². The van der Waals surface area contributed by atoms with Crippen LogP contribution in [0.2, 0.25) is 0 Å². The lowest BCUT2D eigenvalue weighted by atomic mass is 9.63. The first-order valence-electron chi connectivity index (χ1n) is 19.3. The number of hydrogen-bond donors (Lipinski definition) is 0. The van der Waals surface area contributed by atoms with Crippen LogP contribution in [-0.2, 0) is 52.2 Å². The topological polar surface area (TPSA) is 157 Å². The summed E-state index contributed by atoms with van der Waals surface area (Å²) in [7, 11) is -3.51. The number of unbranched alkanes of at least 4 members (excludes halogenated alkanes) is 1. The molecule has 290 valence electrons. The molecule has 12 nitrogen and oxygen atoms in total. The van der Waals surface area contributed by atoms with Crippen molar-refractivity contribution in [1.82, 2.24) is 0 Å². The van der Waals surface area contributed by atoms with E-state index in [2.05, 4.69) is 0 Å². The van der Waals surface area contributed by atoms with E-state index in [0.29, 0.717) is 49.6 Å². The summed E-state index contributed by atoms with van der Waals surface area (Å²) in [4.78, 5) is 54.4. The summed E-state index contributed by atoms with van der Waals surface area (Å²) in [6.07, 6.45) is 6.23. The molecule has 8 atom stereocenters. The van der Waals surface area contributed by atoms with Crippen molar-refractivity contribution in [1.29, 1.82) is 0 Å². The Kier molecular flexibility index (Phi) is 12.2. The van der Waals surface area contributed by atoms with E-state index < -0.39 is 55.1 Å². The van der Waals surface area contributed by atoms with E-state index in [1.54, 1.807) is 30.4 Å². The van der Waals surface area contributed by atoms with Crippen molar-refractivity contribution in [3.05, 3.63) is 60.7 Å². The van der Waals surface area contributed by atoms with Gasteiger partial charge in [-0.3, -0.25) is 23.7 Å². The third-order valence-corrected chi connectivity index (χ3v) is 13.2. The van der Waals surface area contributed by atoms with Crippen LogP contribution in [0, 0.1) is 29.6 Å². The molecule has 4 fully saturated rings. The predicted octanol–water partition coefficient (Wildman–Crippen LogP) is 5.79. The zero-order valence-electron chi connectivity index (χ0n) is 30.6. The van der Waals surface area contributed by atoms with Crippen molar-refractivity contribution < 1.29 is 56.7 Å². The maximum Gasteiger partial charge on any atom is 0.310 e. The number of carbonyl (C=O) groups excluding carboxylic acids is 4. The summed E-state index contributed by atoms with van der Waals surface area (Å²) >= 11 is 0. The number of carbonyl (C=O) groups is 4. The molecule has 0 N–H and O–H groups in total. The summed E-state index contributed by atoms with van der Waals surface area (Å²) in [6, 6.07) is 14.7. The zero-order chi connectivity index (χ0) is 37.7. The molecular formula is C41H49O12P. The third kappa shape index (κ3) is 9.62. The number of rotatable bonds is 18. The normalized spacial score (nSPS) is 29.2. The first kappa shape index (κ1) is 38.3. The highest BCUT2D eigenvalue weighted by atomic mass is 31.2. The van der Waals surface area contributed by atoms with E-state index in [0.717, 1.165) is 30.4 Å². The molecule has 3 heterocycles. The second-order valence-corrected chi connectivity index (χ2v) is 17.4. The minimum absolute atomic E-state index is 0.0152. The largest absolute Gasteiger partial charge is 0.465 e. The van der Waals surface area contributed by atoms with E-state index in [1.807, 2.05) is 37.3 Å². The molecule has 5 aliphatic rings. The summed E-state index contributed by atoms with van der Waals surface area (Å²) in [6.45, 7) is 3.49. The molecule has 2 aliphatic carbocycles. The Bertz CT molecular complexity index is 1760. The van der Waals surface area contributed by atoms with E-state index in [4.69, 9.17) is 32.9 Å². The number of para-hydroxylation sites is 1. The van der Waals surface area contributed by atoms with Crippen LogP contribution in [0.4, 0.5) is 0 Å². The summed E-state index contributed by atoms with van der Waals surface area (Å²) < 4.78 is 54.2. The van der Waals surface area contributed by atoms with Gasteiger partial charge in [0.25, 0.3) is 7.37 Å². The van der Waals surface area contributed by atoms with E-state index >= 15 is 0 Å². The van der Waals surface area contributed by atoms with Crippen molar-refractivity contribution in [2.24, 2.45) is 29.6 Å². The average Bonchev–Trinajstić information content (AvgIpc) is 4.01. The zero-order valence-corrected chi connectivity index (χ0v) is 31.5. The number of epoxide rings is 2. The van der Waals surface area contributed by atoms with Gasteiger partial charge in [-0.05, 0) is 55.2 Å². The number of hydrogen-bond acceptors (Lipinski definition) is 12. The van der Waals surface area contributed by atoms with Crippen LogP contribution in [0.15, 0.2) is 60.7 Å². The third-order valence-electron chi connectivity index (χ3n) is 10.8. The van der Waals surface area contributed by atoms with Crippen molar-refractivity contribution in [3.63, 3.8) is 0 Å². The molecule has 0 bridgehead atoms. The Morgan fingerprint density at radius 1 is 0.833 bits per heavy atom. The Labute approximate surface area is 315 Å². The van der Waals surface area contributed by atoms with E-state index in [1.165, 1.54) is 0 Å². The first-order chi connectivity index (χ1) is 26.2. The van der Waals surface area contributed by atoms with Crippen LogP contribution < -0.4 is 9.83 Å². The van der Waals surface area contributed by atoms with Crippen LogP contribution >= 0.6 is 7.37 Å². The Hall–Kier alpha value is -3.99. The fourth-order valence-electron chi connectivity index (χ4n) is 7.51. The molecule has 8 unspecified atom stereocenters. The van der Waals surface area contributed by atoms with Gasteiger partial charge in [0.1, 0.15) is 37.3 Å². The van der Waals surface area contributed by atoms with E-state index in [9.17, 15) is 23.7 Å². The molecule has 0 aromatic heterocycles. The maximum absolute atomic E-state index is 14.4. The predicted molar refractivity (Wildman–Crippen MR) is 196 cm³/mol. The lowest BCUT2D eigenvalue weighted by Gasteiger charge is -2.44. The van der Waals surface area contributed by atoms with Gasteiger partial charge in [0.05, 0.1) is 49.8 Å². The second kappa shape index (κ2) is 17.2. The Morgan fingerprint density at radius 2 is 1.50 bits per heavy atom. The van der Waals surface area contributed by atoms with Gasteiger partial charge >= 0.3 is 23.9 Å². The maximum atomic E-state index is 14.4. The lowest BCUT2D eigenvalue weighted by molar-refractivity contribution is -0.179. The molecule has 3 aliphatic heterocycles. The molecule has 13 heteroatoms. The highest BCUT2D eigenvalue weighted by molar-refractivity contribution is 7.67. The van der Waals surface area contributed by atoms with Crippen LogP contribution in [0.1, 0.15) is 58.3 Å². The van der Waals surface area contributed by atoms with Crippen molar-refractivity contribution in [2.45, 2.75) is 76.6 Å². The summed E-state index contributed by atoms with van der Waals surface area (Å²) in [5.41, 5.74) is 1.64. The van der Waals surface area contributed by atoms with Gasteiger partial charge in [0.2, 0.25) is 0 Å². The van der Waals surface area contributed by atoms with Gasteiger partial charge in [-0.25, -0.2) is 0 Å². The molecule has 2 aromatic rings. The lowest BCUT2D eigenvalue weighted by Crippen LogP contribution is -2.51. The SMILES string of the molecule is CCCCC1C(OC(=O)CCP2(=O)Oc3ccccc3-c3ccccc32)CC(/C=C/CC(=O)OCC2CC2)C(C(=O)OCC2CO2)C1C(=O)OCC1CO1. The van der Waals surface area contributed by atoms with Gasteiger partial charge in [-0.15, -0.1) is 0 Å². The molecule has 0 spiro atoms. The molecule has 0 amide bonds. The Morgan fingerprint density at radius 3 is 2.19 bits per heavy atom. The minimum Gasteiger partial charge on any atom is -0.465 e. The molecule has 2 aromatic carbocycles. The fraction of sp³-hybridized carbons (Fsp3) is 0.561. The number of allylic oxidation sites excluding steroid dienone is 1. The number of fused-ring (bicyclic) bond motifs is 3. The van der Waals surface area contributed by atoms with Gasteiger partial charge in [0.15, 0.2) is 0 Å². The van der Waals surface area contributed by atoms with Gasteiger partial charge < -0.3 is 32.9 Å². The number of benzene rings is 2. The number of esters is 4. The smallest absolute Gasteiger partial charge is 0.310 e. The first-order valence-corrected chi connectivity index (χ1v) is 21.1. The molecule has 0 radical (unpaired) electrons. The van der Waals surface area contributed by atoms with Crippen molar-refractivity contribution in [3.8, 4) is 16.9 Å². The standard InChI is InChI=1S/C41H49O12P/c1-2-3-10-32-34(52-37(43)18-19-54(46)35-14-7-5-12-31(35)30-11-4-6-13-33(30)53-54)20-27(9-8-15-36(42)49-21-26-16-17-26)38(40(44)50-24-28-22-47-28)39(32)41(45)51-25-29-23-48-29/h4-9,11-14,26-29,32,34,38-39H,2-3,10,15-25H2,1H3/b9-8+. The van der Waals surface area contributed by atoms with Crippen molar-refractivity contribution in [2.75, 3.05) is 39.2 Å². The van der Waals surface area contributed by atoms with Crippen molar-refractivity contribution >= 4 is 36.6 Å². The monoisotopic (exact) mass is 764 g/mol. The van der Waals surface area contributed by atoms with Gasteiger partial charge in [-0.1, -0.05) is 68.3 Å². The summed E-state index contributed by atoms with van der Waals surface area (Å²) in [5, 5.41) is 0.552. The fourth-order valence-corrected chi connectivity index (χ4v) is 9.77. The van der Waals surface area contributed by atoms with Crippen LogP contribution in [0.3, 0.4) is 0 Å². The molecule has 54 heavy (non-hydrogen) atoms. The molecular weight excluding hydrogens is 715 g/mol. The highest BCUT2D eigenvalue weighted by Crippen LogP contribution is 2.55. The minimum atomic E-state index is -3.51. The number of ether oxygens (including phenoxy) is 6.